The topological polar surface area (TPSA) is 96.2 Å². The molecule has 96 valence electrons. The van der Waals surface area contributed by atoms with Gasteiger partial charge < -0.3 is 9.79 Å². The Morgan fingerprint density at radius 2 is 1.88 bits per heavy atom. The summed E-state index contributed by atoms with van der Waals surface area (Å²) < 4.78 is 21.7. The van der Waals surface area contributed by atoms with Gasteiger partial charge in [-0.1, -0.05) is 13.8 Å². The van der Waals surface area contributed by atoms with Gasteiger partial charge in [0, 0.05) is 5.41 Å². The van der Waals surface area contributed by atoms with Crippen molar-refractivity contribution in [2.45, 2.75) is 25.9 Å². The van der Waals surface area contributed by atoms with Crippen molar-refractivity contribution < 1.29 is 28.3 Å². The monoisotopic (exact) mass is 273 g/mol. The molecule has 0 aromatic heterocycles. The van der Waals surface area contributed by atoms with Crippen LogP contribution in [0.2, 0.25) is 0 Å². The predicted octanol–water partition coefficient (Wildman–Crippen LogP) is 1.38. The van der Waals surface area contributed by atoms with Gasteiger partial charge in [-0.15, -0.1) is 0 Å². The van der Waals surface area contributed by atoms with Crippen LogP contribution in [0.5, 0.6) is 0 Å². The first-order valence-corrected chi connectivity index (χ1v) is 8.77. The van der Waals surface area contributed by atoms with Gasteiger partial charge in [0.15, 0.2) is 0 Å². The summed E-state index contributed by atoms with van der Waals surface area (Å²) in [5, 5.41) is 0. The molecule has 0 saturated carbocycles. The minimum absolute atomic E-state index is 0.122. The van der Waals surface area contributed by atoms with E-state index < -0.39 is 26.6 Å². The smallest absolute Gasteiger partial charge is 0.324 e. The minimum Gasteiger partial charge on any atom is -0.324 e. The third kappa shape index (κ3) is 3.02. The van der Waals surface area contributed by atoms with Crippen molar-refractivity contribution in [3.63, 3.8) is 0 Å². The lowest BCUT2D eigenvalue weighted by atomic mass is 9.84. The zero-order valence-corrected chi connectivity index (χ0v) is 11.4. The van der Waals surface area contributed by atoms with Crippen molar-refractivity contribution in [3.05, 3.63) is 0 Å². The Hall–Kier alpha value is 0.460. The first kappa shape index (κ1) is 14.5. The van der Waals surface area contributed by atoms with Gasteiger partial charge in [-0.05, 0) is 6.42 Å². The van der Waals surface area contributed by atoms with Crippen LogP contribution in [0.3, 0.4) is 0 Å². The molecule has 1 aliphatic rings. The lowest BCUT2D eigenvalue weighted by molar-refractivity contribution is -0.00118. The van der Waals surface area contributed by atoms with E-state index in [0.717, 1.165) is 0 Å². The van der Waals surface area contributed by atoms with Crippen LogP contribution in [-0.4, -0.2) is 40.2 Å². The Morgan fingerprint density at radius 1 is 1.44 bits per heavy atom. The van der Waals surface area contributed by atoms with E-state index in [1.807, 2.05) is 6.92 Å². The van der Waals surface area contributed by atoms with E-state index >= 15 is 0 Å². The van der Waals surface area contributed by atoms with Crippen LogP contribution in [0.15, 0.2) is 0 Å². The summed E-state index contributed by atoms with van der Waals surface area (Å²) >= 11 is 0. The van der Waals surface area contributed by atoms with Gasteiger partial charge in [0.25, 0.3) is 0 Å². The van der Waals surface area contributed by atoms with Crippen molar-refractivity contribution in [2.24, 2.45) is 5.41 Å². The predicted molar refractivity (Wildman–Crippen MR) is 61.2 cm³/mol. The number of hydrogen-bond donors (Lipinski definition) is 3. The van der Waals surface area contributed by atoms with Gasteiger partial charge in [-0.25, -0.2) is 0 Å². The second-order valence-corrected chi connectivity index (χ2v) is 8.41. The summed E-state index contributed by atoms with van der Waals surface area (Å²) in [4.78, 5) is 28.0. The Bertz CT molecular complexity index is 289. The van der Waals surface area contributed by atoms with Crippen LogP contribution in [0.1, 0.15) is 20.3 Å². The maximum absolute atomic E-state index is 11.3. The summed E-state index contributed by atoms with van der Waals surface area (Å²) in [6, 6.07) is 0. The quantitative estimate of drug-likeness (QED) is 0.672. The number of hydrogen-bond acceptors (Lipinski definition) is 4. The molecule has 3 N–H and O–H groups in total. The highest BCUT2D eigenvalue weighted by atomic mass is 31.2. The summed E-state index contributed by atoms with van der Waals surface area (Å²) in [5.41, 5.74) is -1.56. The molecule has 1 atom stereocenters. The SMILES string of the molecule is CCC1(C(C)P(=O)(O)O)CO[P+](C)(O)OC1. The van der Waals surface area contributed by atoms with Gasteiger partial charge in [0.05, 0.1) is 5.66 Å². The highest BCUT2D eigenvalue weighted by Gasteiger charge is 2.53. The summed E-state index contributed by atoms with van der Waals surface area (Å²) in [6.45, 7) is 5.04. The zero-order valence-electron chi connectivity index (χ0n) is 9.66. The van der Waals surface area contributed by atoms with E-state index in [-0.39, 0.29) is 13.2 Å². The highest BCUT2D eigenvalue weighted by molar-refractivity contribution is 7.59. The molecule has 1 aliphatic heterocycles. The summed E-state index contributed by atoms with van der Waals surface area (Å²) in [7, 11) is -6.95. The molecule has 8 heteroatoms. The average Bonchev–Trinajstić information content (AvgIpc) is 2.17. The molecule has 16 heavy (non-hydrogen) atoms. The molecule has 0 aliphatic carbocycles. The van der Waals surface area contributed by atoms with Gasteiger partial charge in [0.1, 0.15) is 19.9 Å². The fourth-order valence-corrected chi connectivity index (χ4v) is 3.79. The molecule has 1 rings (SSSR count). The van der Waals surface area contributed by atoms with E-state index in [1.54, 1.807) is 0 Å². The minimum atomic E-state index is -4.18. The van der Waals surface area contributed by atoms with Crippen LogP contribution < -0.4 is 0 Å². The molecule has 0 bridgehead atoms. The average molecular weight is 273 g/mol. The summed E-state index contributed by atoms with van der Waals surface area (Å²) in [6.07, 6.45) is 0.527. The first-order valence-electron chi connectivity index (χ1n) is 5.06. The molecule has 1 unspecified atom stereocenters. The van der Waals surface area contributed by atoms with Crippen LogP contribution >= 0.6 is 15.5 Å². The van der Waals surface area contributed by atoms with Crippen LogP contribution in [0.25, 0.3) is 0 Å². The van der Waals surface area contributed by atoms with E-state index in [0.29, 0.717) is 6.42 Å². The standard InChI is InChI=1S/C8H18O6P2/c1-4-8(7(2)16(10,11)12)5-13-15(3,9)14-6-8/h7,9H,4-6H2,1-3H3,(H-,10,11,12)/p+1. The van der Waals surface area contributed by atoms with Crippen LogP contribution in [-0.2, 0) is 13.6 Å². The molecule has 1 fully saturated rings. The van der Waals surface area contributed by atoms with Gasteiger partial charge >= 0.3 is 15.5 Å². The highest BCUT2D eigenvalue weighted by Crippen LogP contribution is 2.62. The van der Waals surface area contributed by atoms with E-state index in [9.17, 15) is 19.2 Å². The molecule has 6 nitrogen and oxygen atoms in total. The van der Waals surface area contributed by atoms with Crippen molar-refractivity contribution in [1.29, 1.82) is 0 Å². The molecular formula is C8H19O6P2+. The molecule has 1 saturated heterocycles. The number of rotatable bonds is 3. The van der Waals surface area contributed by atoms with Gasteiger partial charge in [0.2, 0.25) is 0 Å². The molecule has 1 heterocycles. The Labute approximate surface area is 95.7 Å². The molecular weight excluding hydrogens is 254 g/mol. The first-order chi connectivity index (χ1) is 7.13. The van der Waals surface area contributed by atoms with Crippen LogP contribution in [0.4, 0.5) is 0 Å². The fourth-order valence-electron chi connectivity index (χ4n) is 1.67. The van der Waals surface area contributed by atoms with Crippen molar-refractivity contribution >= 4 is 15.5 Å². The lowest BCUT2D eigenvalue weighted by Crippen LogP contribution is -2.44. The fraction of sp³-hybridized carbons (Fsp3) is 1.00. The normalized spacial score (nSPS) is 38.4. The van der Waals surface area contributed by atoms with E-state index in [2.05, 4.69) is 0 Å². The second-order valence-electron chi connectivity index (χ2n) is 4.33. The molecule has 0 aromatic rings. The zero-order chi connectivity index (χ0) is 12.6. The van der Waals surface area contributed by atoms with E-state index in [1.165, 1.54) is 13.6 Å². The molecule has 0 radical (unpaired) electrons. The van der Waals surface area contributed by atoms with Crippen LogP contribution in [0, 0.1) is 5.41 Å². The van der Waals surface area contributed by atoms with Gasteiger partial charge in [-0.3, -0.25) is 4.57 Å². The molecule has 0 aromatic carbocycles. The third-order valence-electron chi connectivity index (χ3n) is 3.28. The lowest BCUT2D eigenvalue weighted by Gasteiger charge is -2.40. The van der Waals surface area contributed by atoms with Crippen molar-refractivity contribution in [2.75, 3.05) is 19.9 Å². The molecule has 0 spiro atoms. The third-order valence-corrected chi connectivity index (χ3v) is 6.05. The Balaban J connectivity index is 2.85. The molecule has 0 amide bonds. The van der Waals surface area contributed by atoms with Gasteiger partial charge in [-0.2, -0.15) is 13.9 Å². The second kappa shape index (κ2) is 4.62. The van der Waals surface area contributed by atoms with Crippen molar-refractivity contribution in [3.8, 4) is 0 Å². The Morgan fingerprint density at radius 3 is 2.19 bits per heavy atom. The van der Waals surface area contributed by atoms with E-state index in [4.69, 9.17) is 9.05 Å². The largest absolute Gasteiger partial charge is 0.405 e. The maximum atomic E-state index is 11.3. The maximum Gasteiger partial charge on any atom is 0.405 e. The summed E-state index contributed by atoms with van der Waals surface area (Å²) in [5.74, 6) is 0. The Kier molecular flexibility index (Phi) is 4.19. The van der Waals surface area contributed by atoms with Crippen molar-refractivity contribution in [1.82, 2.24) is 0 Å².